The molecule has 4 nitrogen and oxygen atoms in total. The Morgan fingerprint density at radius 3 is 1.62 bits per heavy atom. The van der Waals surface area contributed by atoms with Crippen molar-refractivity contribution in [2.24, 2.45) is 0 Å². The molecule has 1 unspecified atom stereocenters. The van der Waals surface area contributed by atoms with Crippen LogP contribution in [0.3, 0.4) is 0 Å². The first-order valence-electron chi connectivity index (χ1n) is 21.4. The Morgan fingerprint density at radius 2 is 0.905 bits per heavy atom. The van der Waals surface area contributed by atoms with Gasteiger partial charge < -0.3 is 0 Å². The highest BCUT2D eigenvalue weighted by molar-refractivity contribution is 6.19. The van der Waals surface area contributed by atoms with Crippen molar-refractivity contribution in [1.82, 2.24) is 19.9 Å². The highest BCUT2D eigenvalue weighted by atomic mass is 14.9. The third-order valence-electron chi connectivity index (χ3n) is 13.2. The third kappa shape index (κ3) is 5.22. The van der Waals surface area contributed by atoms with Crippen molar-refractivity contribution in [2.75, 3.05) is 0 Å². The normalized spacial score (nSPS) is 14.4. The Kier molecular flexibility index (Phi) is 7.79. The molecule has 0 saturated carbocycles. The van der Waals surface area contributed by atoms with Gasteiger partial charge in [0.2, 0.25) is 0 Å². The summed E-state index contributed by atoms with van der Waals surface area (Å²) in [4.78, 5) is 19.8. The van der Waals surface area contributed by atoms with Crippen molar-refractivity contribution in [2.45, 2.75) is 5.41 Å². The SMILES string of the molecule is c1ccc(-c2cc(-c3ccc4c(c3)C3(c5ccccc5-c5ccccc5-4)c4ccccc4-c4c3c3ccccc3c3ccccc43)nc(-c3ccc(-c4cccnc4)nc3)n2)cc1. The molecule has 3 aromatic heterocycles. The number of hydrogen-bond donors (Lipinski definition) is 0. The molecule has 1 spiro atoms. The second-order valence-corrected chi connectivity index (χ2v) is 16.5. The number of nitrogens with zero attached hydrogens (tertiary/aromatic N) is 4. The Bertz CT molecular complexity index is 3620. The van der Waals surface area contributed by atoms with Crippen LogP contribution in [0.15, 0.2) is 219 Å². The molecule has 0 radical (unpaired) electrons. The summed E-state index contributed by atoms with van der Waals surface area (Å²) in [6.07, 6.45) is 5.48. The minimum Gasteiger partial charge on any atom is -0.264 e. The van der Waals surface area contributed by atoms with Crippen molar-refractivity contribution < 1.29 is 0 Å². The standard InChI is InChI=1S/C59H36N4/c1-2-15-37(16-3-1)54-34-55(63-58(62-54)40-29-31-53(61-36-40)39-17-14-32-60-35-39)38-28-30-46-42-19-5-4-18-41(42)45-22-10-12-26-50(45)59(52(46)33-38)51-27-13-11-25-49(51)56-47-23-8-6-20-43(47)44-21-7-9-24-48(44)57(56)59/h1-36H. The zero-order valence-electron chi connectivity index (χ0n) is 34.1. The molecule has 0 fully saturated rings. The number of benzene rings is 8. The third-order valence-corrected chi connectivity index (χ3v) is 13.2. The van der Waals surface area contributed by atoms with E-state index in [9.17, 15) is 0 Å². The van der Waals surface area contributed by atoms with Gasteiger partial charge in [-0.3, -0.25) is 9.97 Å². The Morgan fingerprint density at radius 1 is 0.333 bits per heavy atom. The minimum atomic E-state index is -0.694. The van der Waals surface area contributed by atoms with Crippen LogP contribution < -0.4 is 0 Å². The van der Waals surface area contributed by atoms with Gasteiger partial charge in [-0.25, -0.2) is 9.97 Å². The van der Waals surface area contributed by atoms with Gasteiger partial charge in [0.15, 0.2) is 5.82 Å². The average molecular weight is 801 g/mol. The van der Waals surface area contributed by atoms with Crippen LogP contribution in [0.2, 0.25) is 0 Å². The lowest BCUT2D eigenvalue weighted by Crippen LogP contribution is -2.29. The van der Waals surface area contributed by atoms with Gasteiger partial charge in [-0.05, 0) is 114 Å². The molecule has 1 atom stereocenters. The number of pyridine rings is 2. The number of rotatable bonds is 4. The maximum atomic E-state index is 5.39. The average Bonchev–Trinajstić information content (AvgIpc) is 3.63. The van der Waals surface area contributed by atoms with E-state index in [4.69, 9.17) is 15.0 Å². The molecular formula is C59H36N4. The Labute approximate surface area is 364 Å². The fourth-order valence-corrected chi connectivity index (χ4v) is 10.6. The summed E-state index contributed by atoms with van der Waals surface area (Å²) in [7, 11) is 0. The number of hydrogen-bond acceptors (Lipinski definition) is 4. The van der Waals surface area contributed by atoms with E-state index in [2.05, 4.69) is 181 Å². The van der Waals surface area contributed by atoms with Gasteiger partial charge in [-0.1, -0.05) is 164 Å². The van der Waals surface area contributed by atoms with Crippen LogP contribution in [0.25, 0.3) is 100 Å². The second kappa shape index (κ2) is 13.8. The molecule has 8 aromatic carbocycles. The van der Waals surface area contributed by atoms with Gasteiger partial charge in [-0.2, -0.15) is 0 Å². The highest BCUT2D eigenvalue weighted by Crippen LogP contribution is 2.64. The summed E-state index contributed by atoms with van der Waals surface area (Å²) in [5.74, 6) is 0.617. The van der Waals surface area contributed by atoms with E-state index in [1.54, 1.807) is 6.20 Å². The lowest BCUT2D eigenvalue weighted by atomic mass is 9.64. The van der Waals surface area contributed by atoms with E-state index in [1.165, 1.54) is 77.2 Å². The predicted molar refractivity (Wildman–Crippen MR) is 256 cm³/mol. The smallest absolute Gasteiger partial charge is 0.161 e. The van der Waals surface area contributed by atoms with Crippen LogP contribution >= 0.6 is 0 Å². The summed E-state index contributed by atoms with van der Waals surface area (Å²) in [5.41, 5.74) is 18.3. The second-order valence-electron chi connectivity index (χ2n) is 16.5. The molecular weight excluding hydrogens is 765 g/mol. The van der Waals surface area contributed by atoms with Gasteiger partial charge in [-0.15, -0.1) is 0 Å². The maximum absolute atomic E-state index is 5.39. The van der Waals surface area contributed by atoms with Gasteiger partial charge in [0.05, 0.1) is 22.5 Å². The fourth-order valence-electron chi connectivity index (χ4n) is 10.6. The molecule has 0 bridgehead atoms. The van der Waals surface area contributed by atoms with Crippen LogP contribution in [0.5, 0.6) is 0 Å². The van der Waals surface area contributed by atoms with Gasteiger partial charge in [0.1, 0.15) is 0 Å². The molecule has 0 saturated heterocycles. The first-order valence-corrected chi connectivity index (χ1v) is 21.4. The molecule has 2 aliphatic rings. The van der Waals surface area contributed by atoms with Gasteiger partial charge >= 0.3 is 0 Å². The molecule has 292 valence electrons. The summed E-state index contributed by atoms with van der Waals surface area (Å²) < 4.78 is 0. The molecule has 13 rings (SSSR count). The topological polar surface area (TPSA) is 51.6 Å². The number of fused-ring (bicyclic) bond motifs is 17. The van der Waals surface area contributed by atoms with E-state index in [0.717, 1.165) is 39.3 Å². The van der Waals surface area contributed by atoms with Gasteiger partial charge in [0.25, 0.3) is 0 Å². The summed E-state index contributed by atoms with van der Waals surface area (Å²) >= 11 is 0. The minimum absolute atomic E-state index is 0.617. The zero-order chi connectivity index (χ0) is 41.5. The van der Waals surface area contributed by atoms with Crippen LogP contribution in [0.4, 0.5) is 0 Å². The van der Waals surface area contributed by atoms with Crippen LogP contribution in [-0.4, -0.2) is 19.9 Å². The predicted octanol–water partition coefficient (Wildman–Crippen LogP) is 14.3. The molecule has 11 aromatic rings. The summed E-state index contributed by atoms with van der Waals surface area (Å²) in [5, 5.41) is 5.05. The fraction of sp³-hybridized carbons (Fsp3) is 0.0169. The van der Waals surface area contributed by atoms with Crippen molar-refractivity contribution in [1.29, 1.82) is 0 Å². The lowest BCUT2D eigenvalue weighted by molar-refractivity contribution is 0.783. The van der Waals surface area contributed by atoms with E-state index >= 15 is 0 Å². The Balaban J connectivity index is 1.14. The molecule has 0 N–H and O–H groups in total. The van der Waals surface area contributed by atoms with Crippen LogP contribution in [-0.2, 0) is 5.41 Å². The first kappa shape index (κ1) is 35.4. The lowest BCUT2D eigenvalue weighted by Gasteiger charge is -2.36. The molecule has 0 aliphatic heterocycles. The van der Waals surface area contributed by atoms with Crippen molar-refractivity contribution in [3.63, 3.8) is 0 Å². The van der Waals surface area contributed by atoms with E-state index < -0.39 is 5.41 Å². The monoisotopic (exact) mass is 800 g/mol. The maximum Gasteiger partial charge on any atom is 0.161 e. The van der Waals surface area contributed by atoms with Crippen molar-refractivity contribution in [3.05, 3.63) is 241 Å². The molecule has 0 amide bonds. The molecule has 2 aliphatic carbocycles. The first-order chi connectivity index (χ1) is 31.3. The van der Waals surface area contributed by atoms with E-state index in [0.29, 0.717) is 5.82 Å². The van der Waals surface area contributed by atoms with E-state index in [1.807, 2.05) is 36.7 Å². The summed E-state index contributed by atoms with van der Waals surface area (Å²) in [6, 6.07) is 72.8. The largest absolute Gasteiger partial charge is 0.264 e. The molecule has 3 heterocycles. The van der Waals surface area contributed by atoms with Crippen molar-refractivity contribution in [3.8, 4) is 78.5 Å². The molecule has 4 heteroatoms. The Hall–Kier alpha value is -8.34. The van der Waals surface area contributed by atoms with Crippen LogP contribution in [0.1, 0.15) is 22.3 Å². The van der Waals surface area contributed by atoms with Gasteiger partial charge in [0, 0.05) is 40.8 Å². The molecule has 63 heavy (non-hydrogen) atoms. The quantitative estimate of drug-likeness (QED) is 0.166. The van der Waals surface area contributed by atoms with E-state index in [-0.39, 0.29) is 0 Å². The summed E-state index contributed by atoms with van der Waals surface area (Å²) in [6.45, 7) is 0. The highest BCUT2D eigenvalue weighted by Gasteiger charge is 2.51. The zero-order valence-corrected chi connectivity index (χ0v) is 34.1. The van der Waals surface area contributed by atoms with Crippen LogP contribution in [0, 0.1) is 0 Å². The number of aromatic nitrogens is 4. The van der Waals surface area contributed by atoms with Crippen molar-refractivity contribution >= 4 is 21.5 Å².